The molecule has 0 bridgehead atoms. The van der Waals surface area contributed by atoms with Gasteiger partial charge >= 0.3 is 0 Å². The van der Waals surface area contributed by atoms with Gasteiger partial charge in [0.15, 0.2) is 0 Å². The summed E-state index contributed by atoms with van der Waals surface area (Å²) in [4.78, 5) is 2.18. The molecule has 3 N–H and O–H groups in total. The van der Waals surface area contributed by atoms with Gasteiger partial charge in [-0.1, -0.05) is 0 Å². The number of nitrogens with zero attached hydrogens (tertiary/aromatic N) is 1. The first kappa shape index (κ1) is 10.7. The first-order valence-corrected chi connectivity index (χ1v) is 5.32. The SMILES string of the molecule is CC1(O)CCN(C(CN)c2ccco2)C1. The maximum atomic E-state index is 9.89. The van der Waals surface area contributed by atoms with E-state index in [9.17, 15) is 5.11 Å². The predicted molar refractivity (Wildman–Crippen MR) is 57.3 cm³/mol. The Bertz CT molecular complexity index is 308. The Morgan fingerprint density at radius 2 is 2.53 bits per heavy atom. The van der Waals surface area contributed by atoms with E-state index in [1.54, 1.807) is 6.26 Å². The summed E-state index contributed by atoms with van der Waals surface area (Å²) >= 11 is 0. The molecule has 0 aromatic carbocycles. The zero-order valence-corrected chi connectivity index (χ0v) is 9.02. The number of β-amino-alcohol motifs (C(OH)–C–C–N with tert-alkyl or cyclic N) is 1. The minimum atomic E-state index is -0.583. The second kappa shape index (κ2) is 3.96. The maximum absolute atomic E-state index is 9.89. The molecule has 0 spiro atoms. The first-order chi connectivity index (χ1) is 7.12. The Balaban J connectivity index is 2.09. The summed E-state index contributed by atoms with van der Waals surface area (Å²) in [6.07, 6.45) is 2.45. The number of hydrogen-bond donors (Lipinski definition) is 2. The summed E-state index contributed by atoms with van der Waals surface area (Å²) in [7, 11) is 0. The van der Waals surface area contributed by atoms with Crippen molar-refractivity contribution in [3.05, 3.63) is 24.2 Å². The van der Waals surface area contributed by atoms with Crippen LogP contribution in [0.25, 0.3) is 0 Å². The molecule has 2 rings (SSSR count). The zero-order valence-electron chi connectivity index (χ0n) is 9.02. The van der Waals surface area contributed by atoms with Crippen LogP contribution in [0.15, 0.2) is 22.8 Å². The molecular formula is C11H18N2O2. The van der Waals surface area contributed by atoms with Crippen molar-refractivity contribution in [2.24, 2.45) is 5.73 Å². The highest BCUT2D eigenvalue weighted by Crippen LogP contribution is 2.29. The molecule has 4 heteroatoms. The van der Waals surface area contributed by atoms with E-state index in [4.69, 9.17) is 10.2 Å². The van der Waals surface area contributed by atoms with E-state index >= 15 is 0 Å². The summed E-state index contributed by atoms with van der Waals surface area (Å²) in [6, 6.07) is 3.89. The van der Waals surface area contributed by atoms with E-state index in [2.05, 4.69) is 4.90 Å². The van der Waals surface area contributed by atoms with Crippen LogP contribution in [0.2, 0.25) is 0 Å². The van der Waals surface area contributed by atoms with Crippen LogP contribution in [0.5, 0.6) is 0 Å². The van der Waals surface area contributed by atoms with Gasteiger partial charge < -0.3 is 15.3 Å². The van der Waals surface area contributed by atoms with Crippen LogP contribution in [-0.4, -0.2) is 35.2 Å². The molecule has 1 fully saturated rings. The minimum absolute atomic E-state index is 0.0916. The molecule has 1 aliphatic rings. The summed E-state index contributed by atoms with van der Waals surface area (Å²) in [5.74, 6) is 0.884. The van der Waals surface area contributed by atoms with Gasteiger partial charge in [0.2, 0.25) is 0 Å². The summed E-state index contributed by atoms with van der Waals surface area (Å²) in [5.41, 5.74) is 5.17. The smallest absolute Gasteiger partial charge is 0.122 e. The van der Waals surface area contributed by atoms with Gasteiger partial charge in [-0.25, -0.2) is 0 Å². The molecule has 0 aliphatic carbocycles. The van der Waals surface area contributed by atoms with Crippen molar-refractivity contribution >= 4 is 0 Å². The van der Waals surface area contributed by atoms with Crippen LogP contribution >= 0.6 is 0 Å². The van der Waals surface area contributed by atoms with E-state index in [-0.39, 0.29) is 6.04 Å². The van der Waals surface area contributed by atoms with E-state index in [0.717, 1.165) is 18.7 Å². The van der Waals surface area contributed by atoms with Gasteiger partial charge in [0, 0.05) is 19.6 Å². The van der Waals surface area contributed by atoms with Gasteiger partial charge in [0.25, 0.3) is 0 Å². The molecule has 2 heterocycles. The Morgan fingerprint density at radius 3 is 3.00 bits per heavy atom. The third kappa shape index (κ3) is 2.22. The van der Waals surface area contributed by atoms with Crippen LogP contribution in [0, 0.1) is 0 Å². The van der Waals surface area contributed by atoms with Gasteiger partial charge in [-0.15, -0.1) is 0 Å². The second-order valence-corrected chi connectivity index (χ2v) is 4.48. The van der Waals surface area contributed by atoms with Crippen LogP contribution in [0.3, 0.4) is 0 Å². The third-order valence-electron chi connectivity index (χ3n) is 3.02. The molecule has 0 radical (unpaired) electrons. The number of furan rings is 1. The van der Waals surface area contributed by atoms with Crippen LogP contribution in [0.1, 0.15) is 25.1 Å². The van der Waals surface area contributed by atoms with Crippen molar-refractivity contribution in [2.45, 2.75) is 25.0 Å². The Kier molecular flexibility index (Phi) is 2.82. The highest BCUT2D eigenvalue weighted by Gasteiger charge is 2.35. The van der Waals surface area contributed by atoms with Crippen molar-refractivity contribution in [1.29, 1.82) is 0 Å². The quantitative estimate of drug-likeness (QED) is 0.772. The van der Waals surface area contributed by atoms with Crippen LogP contribution in [-0.2, 0) is 0 Å². The molecule has 15 heavy (non-hydrogen) atoms. The maximum Gasteiger partial charge on any atom is 0.122 e. The van der Waals surface area contributed by atoms with Crippen LogP contribution < -0.4 is 5.73 Å². The molecular weight excluding hydrogens is 192 g/mol. The van der Waals surface area contributed by atoms with Gasteiger partial charge in [-0.05, 0) is 25.5 Å². The molecule has 0 amide bonds. The van der Waals surface area contributed by atoms with Crippen LogP contribution in [0.4, 0.5) is 0 Å². The summed E-state index contributed by atoms with van der Waals surface area (Å²) in [5, 5.41) is 9.89. The largest absolute Gasteiger partial charge is 0.468 e. The molecule has 2 unspecified atom stereocenters. The van der Waals surface area contributed by atoms with E-state index in [1.165, 1.54) is 0 Å². The fourth-order valence-corrected chi connectivity index (χ4v) is 2.17. The first-order valence-electron chi connectivity index (χ1n) is 5.32. The van der Waals surface area contributed by atoms with E-state index < -0.39 is 5.60 Å². The second-order valence-electron chi connectivity index (χ2n) is 4.48. The van der Waals surface area contributed by atoms with Crippen molar-refractivity contribution in [3.8, 4) is 0 Å². The number of likely N-dealkylation sites (tertiary alicyclic amines) is 1. The Hall–Kier alpha value is -0.840. The van der Waals surface area contributed by atoms with E-state index in [0.29, 0.717) is 13.1 Å². The Labute approximate surface area is 89.7 Å². The zero-order chi connectivity index (χ0) is 10.9. The lowest BCUT2D eigenvalue weighted by Gasteiger charge is -2.25. The lowest BCUT2D eigenvalue weighted by Crippen LogP contribution is -2.35. The molecule has 1 aliphatic heterocycles. The van der Waals surface area contributed by atoms with Crippen molar-refractivity contribution in [1.82, 2.24) is 4.90 Å². The lowest BCUT2D eigenvalue weighted by atomic mass is 10.1. The van der Waals surface area contributed by atoms with Gasteiger partial charge in [0.05, 0.1) is 17.9 Å². The van der Waals surface area contributed by atoms with Gasteiger partial charge in [-0.2, -0.15) is 0 Å². The monoisotopic (exact) mass is 210 g/mol. The number of aliphatic hydroxyl groups is 1. The number of rotatable bonds is 3. The normalized spacial score (nSPS) is 29.5. The number of nitrogens with two attached hydrogens (primary N) is 1. The molecule has 2 atom stereocenters. The number of hydrogen-bond acceptors (Lipinski definition) is 4. The molecule has 0 saturated carbocycles. The third-order valence-corrected chi connectivity index (χ3v) is 3.02. The lowest BCUT2D eigenvalue weighted by molar-refractivity contribution is 0.0608. The fraction of sp³-hybridized carbons (Fsp3) is 0.636. The van der Waals surface area contributed by atoms with Gasteiger partial charge in [-0.3, -0.25) is 4.90 Å². The summed E-state index contributed by atoms with van der Waals surface area (Å²) < 4.78 is 5.36. The predicted octanol–water partition coefficient (Wildman–Crippen LogP) is 0.736. The molecule has 84 valence electrons. The topological polar surface area (TPSA) is 62.6 Å². The summed E-state index contributed by atoms with van der Waals surface area (Å²) in [6.45, 7) is 3.91. The standard InChI is InChI=1S/C11H18N2O2/c1-11(14)4-5-13(8-11)9(7-12)10-3-2-6-15-10/h2-3,6,9,14H,4-5,7-8,12H2,1H3. The molecule has 1 aromatic rings. The molecule has 1 aromatic heterocycles. The van der Waals surface area contributed by atoms with Crippen molar-refractivity contribution in [3.63, 3.8) is 0 Å². The average molecular weight is 210 g/mol. The molecule has 4 nitrogen and oxygen atoms in total. The Morgan fingerprint density at radius 1 is 1.73 bits per heavy atom. The van der Waals surface area contributed by atoms with Crippen molar-refractivity contribution < 1.29 is 9.52 Å². The van der Waals surface area contributed by atoms with Crippen molar-refractivity contribution in [2.75, 3.05) is 19.6 Å². The molecule has 1 saturated heterocycles. The van der Waals surface area contributed by atoms with E-state index in [1.807, 2.05) is 19.1 Å². The highest BCUT2D eigenvalue weighted by molar-refractivity contribution is 5.07. The average Bonchev–Trinajstić information content (AvgIpc) is 2.77. The highest BCUT2D eigenvalue weighted by atomic mass is 16.3. The minimum Gasteiger partial charge on any atom is -0.468 e. The fourth-order valence-electron chi connectivity index (χ4n) is 2.17. The van der Waals surface area contributed by atoms with Gasteiger partial charge in [0.1, 0.15) is 5.76 Å².